The van der Waals surface area contributed by atoms with Gasteiger partial charge in [0.15, 0.2) is 0 Å². The third kappa shape index (κ3) is 3.09. The van der Waals surface area contributed by atoms with E-state index in [0.717, 1.165) is 17.7 Å². The molecular formula is C22H18N2O2S. The van der Waals surface area contributed by atoms with Crippen LogP contribution in [0.2, 0.25) is 0 Å². The molecule has 0 spiro atoms. The zero-order chi connectivity index (χ0) is 18.8. The lowest BCUT2D eigenvalue weighted by atomic mass is 9.92. The van der Waals surface area contributed by atoms with Gasteiger partial charge in [0.05, 0.1) is 30.3 Å². The fourth-order valence-corrected chi connectivity index (χ4v) is 4.51. The molecule has 1 atom stereocenters. The predicted octanol–water partition coefficient (Wildman–Crippen LogP) is 4.42. The molecule has 0 radical (unpaired) electrons. The molecule has 4 rings (SSSR count). The first-order chi connectivity index (χ1) is 13.2. The highest BCUT2D eigenvalue weighted by molar-refractivity contribution is 7.10. The van der Waals surface area contributed by atoms with Gasteiger partial charge in [-0.1, -0.05) is 24.3 Å². The van der Waals surface area contributed by atoms with Crippen LogP contribution >= 0.6 is 11.3 Å². The number of hydrogen-bond donors (Lipinski definition) is 0. The molecule has 1 aliphatic rings. The standard InChI is InChI=1S/C22H18N2O2S/c1-26-17-8-6-15(7-9-17)21-19-11-13-27-20(19)10-12-24(21)22(25)18-5-3-2-4-16(18)14-23/h2-9,11,13,21H,10,12H2,1H3. The molecule has 0 saturated heterocycles. The first-order valence-electron chi connectivity index (χ1n) is 8.73. The molecule has 27 heavy (non-hydrogen) atoms. The Balaban J connectivity index is 1.79. The minimum Gasteiger partial charge on any atom is -0.497 e. The molecule has 1 aliphatic heterocycles. The summed E-state index contributed by atoms with van der Waals surface area (Å²) in [5.41, 5.74) is 3.07. The van der Waals surface area contributed by atoms with E-state index in [1.54, 1.807) is 42.7 Å². The predicted molar refractivity (Wildman–Crippen MR) is 105 cm³/mol. The zero-order valence-corrected chi connectivity index (χ0v) is 15.7. The van der Waals surface area contributed by atoms with E-state index >= 15 is 0 Å². The van der Waals surface area contributed by atoms with Gasteiger partial charge in [-0.2, -0.15) is 5.26 Å². The second kappa shape index (κ2) is 7.26. The SMILES string of the molecule is COc1ccc(C2c3ccsc3CCN2C(=O)c2ccccc2C#N)cc1. The molecule has 3 aromatic rings. The first-order valence-corrected chi connectivity index (χ1v) is 9.61. The van der Waals surface area contributed by atoms with Crippen LogP contribution in [-0.2, 0) is 6.42 Å². The van der Waals surface area contributed by atoms with Crippen LogP contribution in [0.1, 0.15) is 38.0 Å². The van der Waals surface area contributed by atoms with Gasteiger partial charge >= 0.3 is 0 Å². The first kappa shape index (κ1) is 17.3. The summed E-state index contributed by atoms with van der Waals surface area (Å²) in [5.74, 6) is 0.678. The molecule has 134 valence electrons. The quantitative estimate of drug-likeness (QED) is 0.682. The number of benzene rings is 2. The number of rotatable bonds is 3. The van der Waals surface area contributed by atoms with E-state index in [9.17, 15) is 10.1 Å². The number of nitrogens with zero attached hydrogens (tertiary/aromatic N) is 2. The Hall–Kier alpha value is -3.10. The lowest BCUT2D eigenvalue weighted by molar-refractivity contribution is 0.0696. The van der Waals surface area contributed by atoms with Crippen molar-refractivity contribution in [3.63, 3.8) is 0 Å². The largest absolute Gasteiger partial charge is 0.497 e. The maximum absolute atomic E-state index is 13.4. The number of carbonyl (C=O) groups is 1. The molecule has 4 nitrogen and oxygen atoms in total. The topological polar surface area (TPSA) is 53.3 Å². The molecule has 0 bridgehead atoms. The Kier molecular flexibility index (Phi) is 4.66. The van der Waals surface area contributed by atoms with Crippen LogP contribution in [-0.4, -0.2) is 24.5 Å². The minimum absolute atomic E-state index is 0.107. The number of carbonyl (C=O) groups excluding carboxylic acids is 1. The van der Waals surface area contributed by atoms with Crippen molar-refractivity contribution in [3.8, 4) is 11.8 Å². The second-order valence-corrected chi connectivity index (χ2v) is 7.38. The lowest BCUT2D eigenvalue weighted by Gasteiger charge is -2.36. The third-order valence-corrected chi connectivity index (χ3v) is 5.93. The van der Waals surface area contributed by atoms with Gasteiger partial charge < -0.3 is 9.64 Å². The van der Waals surface area contributed by atoms with Gasteiger partial charge in [0.2, 0.25) is 0 Å². The maximum Gasteiger partial charge on any atom is 0.255 e. The molecule has 0 N–H and O–H groups in total. The van der Waals surface area contributed by atoms with Gasteiger partial charge in [-0.25, -0.2) is 0 Å². The highest BCUT2D eigenvalue weighted by Gasteiger charge is 2.34. The summed E-state index contributed by atoms with van der Waals surface area (Å²) in [7, 11) is 1.64. The molecule has 0 aliphatic carbocycles. The van der Waals surface area contributed by atoms with Crippen LogP contribution in [0.25, 0.3) is 0 Å². The molecule has 0 saturated carbocycles. The summed E-state index contributed by atoms with van der Waals surface area (Å²) in [5, 5.41) is 11.5. The van der Waals surface area contributed by atoms with Crippen molar-refractivity contribution in [2.45, 2.75) is 12.5 Å². The van der Waals surface area contributed by atoms with Crippen LogP contribution < -0.4 is 4.74 Å². The van der Waals surface area contributed by atoms with Crippen LogP contribution in [0.4, 0.5) is 0 Å². The summed E-state index contributed by atoms with van der Waals surface area (Å²) in [6.07, 6.45) is 0.833. The molecule has 1 aromatic heterocycles. The van der Waals surface area contributed by atoms with Crippen LogP contribution in [0, 0.1) is 11.3 Å². The van der Waals surface area contributed by atoms with E-state index in [1.807, 2.05) is 29.2 Å². The highest BCUT2D eigenvalue weighted by Crippen LogP contribution is 2.39. The van der Waals surface area contributed by atoms with Crippen LogP contribution in [0.3, 0.4) is 0 Å². The Morgan fingerprint density at radius 3 is 2.70 bits per heavy atom. The van der Waals surface area contributed by atoms with Crippen molar-refractivity contribution in [2.24, 2.45) is 0 Å². The number of ether oxygens (including phenoxy) is 1. The van der Waals surface area contributed by atoms with Crippen LogP contribution in [0.15, 0.2) is 60.0 Å². The summed E-state index contributed by atoms with van der Waals surface area (Å²) < 4.78 is 5.27. The van der Waals surface area contributed by atoms with E-state index in [1.165, 1.54) is 10.4 Å². The summed E-state index contributed by atoms with van der Waals surface area (Å²) in [6.45, 7) is 0.628. The Bertz CT molecular complexity index is 1020. The van der Waals surface area contributed by atoms with E-state index in [-0.39, 0.29) is 11.9 Å². The molecule has 5 heteroatoms. The van der Waals surface area contributed by atoms with Crippen molar-refractivity contribution in [2.75, 3.05) is 13.7 Å². The van der Waals surface area contributed by atoms with Gasteiger partial charge in [-0.15, -0.1) is 11.3 Å². The monoisotopic (exact) mass is 374 g/mol. The number of methoxy groups -OCH3 is 1. The van der Waals surface area contributed by atoms with E-state index in [4.69, 9.17) is 4.74 Å². The van der Waals surface area contributed by atoms with Gasteiger partial charge in [0.1, 0.15) is 5.75 Å². The Morgan fingerprint density at radius 1 is 1.19 bits per heavy atom. The molecule has 1 unspecified atom stereocenters. The summed E-state index contributed by atoms with van der Waals surface area (Å²) in [6, 6.07) is 18.9. The normalized spacial score (nSPS) is 15.7. The minimum atomic E-state index is -0.162. The maximum atomic E-state index is 13.4. The van der Waals surface area contributed by atoms with E-state index in [0.29, 0.717) is 17.7 Å². The fraction of sp³-hybridized carbons (Fsp3) is 0.182. The van der Waals surface area contributed by atoms with Crippen molar-refractivity contribution in [1.82, 2.24) is 4.90 Å². The van der Waals surface area contributed by atoms with Gasteiger partial charge in [0.25, 0.3) is 5.91 Å². The number of thiophene rings is 1. The summed E-state index contributed by atoms with van der Waals surface area (Å²) >= 11 is 1.73. The molecular weight excluding hydrogens is 356 g/mol. The lowest BCUT2D eigenvalue weighted by Crippen LogP contribution is -2.40. The van der Waals surface area contributed by atoms with Gasteiger partial charge in [-0.3, -0.25) is 4.79 Å². The third-order valence-electron chi connectivity index (χ3n) is 4.94. The Labute approximate surface area is 162 Å². The zero-order valence-electron chi connectivity index (χ0n) is 14.9. The Morgan fingerprint density at radius 2 is 1.96 bits per heavy atom. The average molecular weight is 374 g/mol. The van der Waals surface area contributed by atoms with E-state index in [2.05, 4.69) is 17.5 Å². The number of fused-ring (bicyclic) bond motifs is 1. The molecule has 2 heterocycles. The average Bonchev–Trinajstić information content (AvgIpc) is 3.21. The fourth-order valence-electron chi connectivity index (χ4n) is 3.60. The molecule has 0 fully saturated rings. The summed E-state index contributed by atoms with van der Waals surface area (Å²) in [4.78, 5) is 16.6. The highest BCUT2D eigenvalue weighted by atomic mass is 32.1. The van der Waals surface area contributed by atoms with E-state index < -0.39 is 0 Å². The number of amides is 1. The van der Waals surface area contributed by atoms with Crippen molar-refractivity contribution in [1.29, 1.82) is 5.26 Å². The number of hydrogen-bond acceptors (Lipinski definition) is 4. The van der Waals surface area contributed by atoms with Crippen molar-refractivity contribution >= 4 is 17.2 Å². The van der Waals surface area contributed by atoms with Crippen molar-refractivity contribution in [3.05, 3.63) is 87.1 Å². The molecule has 1 amide bonds. The van der Waals surface area contributed by atoms with Gasteiger partial charge in [-0.05, 0) is 53.3 Å². The second-order valence-electron chi connectivity index (χ2n) is 6.38. The van der Waals surface area contributed by atoms with Crippen LogP contribution in [0.5, 0.6) is 5.75 Å². The smallest absolute Gasteiger partial charge is 0.255 e. The van der Waals surface area contributed by atoms with Crippen molar-refractivity contribution < 1.29 is 9.53 Å². The van der Waals surface area contributed by atoms with Gasteiger partial charge in [0, 0.05) is 11.4 Å². The molecule has 2 aromatic carbocycles. The number of nitriles is 1.